The monoisotopic (exact) mass is 315 g/mol. The van der Waals surface area contributed by atoms with Crippen molar-refractivity contribution in [3.05, 3.63) is 70.6 Å². The van der Waals surface area contributed by atoms with Crippen molar-refractivity contribution in [1.82, 2.24) is 0 Å². The summed E-state index contributed by atoms with van der Waals surface area (Å²) in [5.41, 5.74) is 7.37. The Kier molecular flexibility index (Phi) is 3.40. The minimum Gasteiger partial charge on any atom is -0.469 e. The number of rotatable bonds is 3. The van der Waals surface area contributed by atoms with Gasteiger partial charge in [-0.2, -0.15) is 0 Å². The quantitative estimate of drug-likeness (QED) is 0.776. The van der Waals surface area contributed by atoms with E-state index in [0.717, 1.165) is 22.2 Å². The first kappa shape index (κ1) is 12.5. The molecule has 1 aromatic heterocycles. The summed E-state index contributed by atoms with van der Waals surface area (Å²) in [4.78, 5) is 0. The molecule has 0 amide bonds. The molecule has 0 aliphatic rings. The van der Waals surface area contributed by atoms with Crippen LogP contribution in [0, 0.1) is 0 Å². The van der Waals surface area contributed by atoms with Crippen molar-refractivity contribution in [3.63, 3.8) is 0 Å². The normalized spacial score (nSPS) is 12.7. The molecule has 0 aliphatic heterocycles. The summed E-state index contributed by atoms with van der Waals surface area (Å²) in [6.07, 6.45) is 2.40. The Morgan fingerprint density at radius 1 is 1.05 bits per heavy atom. The molecule has 0 radical (unpaired) electrons. The Morgan fingerprint density at radius 3 is 2.63 bits per heavy atom. The highest BCUT2D eigenvalue weighted by Gasteiger charge is 2.09. The molecule has 2 N–H and O–H groups in total. The standard InChI is InChI=1S/C16H14BrNO/c17-14-6-5-11-8-13(4-3-12(11)9-14)16(18)10-15-2-1-7-19-15/h1-9,16H,10,18H2. The first-order valence-electron chi connectivity index (χ1n) is 6.19. The Labute approximate surface area is 120 Å². The highest BCUT2D eigenvalue weighted by molar-refractivity contribution is 9.10. The Balaban J connectivity index is 1.90. The summed E-state index contributed by atoms with van der Waals surface area (Å²) >= 11 is 3.48. The highest BCUT2D eigenvalue weighted by atomic mass is 79.9. The fourth-order valence-corrected chi connectivity index (χ4v) is 2.61. The minimum absolute atomic E-state index is 0.0424. The third-order valence-electron chi connectivity index (χ3n) is 3.26. The minimum atomic E-state index is -0.0424. The molecule has 0 bridgehead atoms. The maximum absolute atomic E-state index is 6.24. The molecule has 0 fully saturated rings. The van der Waals surface area contributed by atoms with E-state index in [-0.39, 0.29) is 6.04 Å². The lowest BCUT2D eigenvalue weighted by Crippen LogP contribution is -2.12. The van der Waals surface area contributed by atoms with E-state index in [4.69, 9.17) is 10.2 Å². The SMILES string of the molecule is NC(Cc1ccco1)c1ccc2cc(Br)ccc2c1. The van der Waals surface area contributed by atoms with Crippen LogP contribution in [0.3, 0.4) is 0 Å². The second-order valence-corrected chi connectivity index (χ2v) is 5.56. The van der Waals surface area contributed by atoms with Gasteiger partial charge in [0, 0.05) is 16.9 Å². The molecule has 3 rings (SSSR count). The first-order valence-corrected chi connectivity index (χ1v) is 6.99. The van der Waals surface area contributed by atoms with Gasteiger partial charge in [0.15, 0.2) is 0 Å². The van der Waals surface area contributed by atoms with Crippen molar-refractivity contribution >= 4 is 26.7 Å². The number of nitrogens with two attached hydrogens (primary N) is 1. The van der Waals surface area contributed by atoms with Crippen molar-refractivity contribution in [2.75, 3.05) is 0 Å². The summed E-state index contributed by atoms with van der Waals surface area (Å²) in [7, 11) is 0. The summed E-state index contributed by atoms with van der Waals surface area (Å²) in [6.45, 7) is 0. The Bertz CT molecular complexity index is 691. The number of furan rings is 1. The van der Waals surface area contributed by atoms with Crippen molar-refractivity contribution in [3.8, 4) is 0 Å². The molecule has 1 atom stereocenters. The molecule has 3 aromatic rings. The molecule has 1 unspecified atom stereocenters. The zero-order valence-electron chi connectivity index (χ0n) is 10.3. The highest BCUT2D eigenvalue weighted by Crippen LogP contribution is 2.24. The molecule has 2 aromatic carbocycles. The van der Waals surface area contributed by atoms with E-state index in [2.05, 4.69) is 46.3 Å². The van der Waals surface area contributed by atoms with Crippen LogP contribution < -0.4 is 5.73 Å². The zero-order valence-corrected chi connectivity index (χ0v) is 11.9. The predicted molar refractivity (Wildman–Crippen MR) is 81.0 cm³/mol. The van der Waals surface area contributed by atoms with Crippen LogP contribution in [0.15, 0.2) is 63.7 Å². The maximum atomic E-state index is 6.24. The van der Waals surface area contributed by atoms with Crippen LogP contribution in [0.5, 0.6) is 0 Å². The van der Waals surface area contributed by atoms with Gasteiger partial charge in [0.25, 0.3) is 0 Å². The second-order valence-electron chi connectivity index (χ2n) is 4.64. The van der Waals surface area contributed by atoms with Gasteiger partial charge in [-0.15, -0.1) is 0 Å². The van der Waals surface area contributed by atoms with E-state index in [9.17, 15) is 0 Å². The van der Waals surface area contributed by atoms with Crippen LogP contribution in [0.4, 0.5) is 0 Å². The van der Waals surface area contributed by atoms with Crippen LogP contribution in [0.1, 0.15) is 17.4 Å². The summed E-state index contributed by atoms with van der Waals surface area (Å²) in [6, 6.07) is 16.4. The van der Waals surface area contributed by atoms with Crippen molar-refractivity contribution in [2.45, 2.75) is 12.5 Å². The van der Waals surface area contributed by atoms with E-state index < -0.39 is 0 Å². The summed E-state index contributed by atoms with van der Waals surface area (Å²) in [5, 5.41) is 2.42. The number of fused-ring (bicyclic) bond motifs is 1. The molecular formula is C16H14BrNO. The molecule has 0 saturated heterocycles. The maximum Gasteiger partial charge on any atom is 0.105 e. The molecule has 19 heavy (non-hydrogen) atoms. The second kappa shape index (κ2) is 5.19. The molecule has 2 nitrogen and oxygen atoms in total. The molecule has 0 aliphatic carbocycles. The van der Waals surface area contributed by atoms with Gasteiger partial charge in [0.2, 0.25) is 0 Å². The first-order chi connectivity index (χ1) is 9.22. The Morgan fingerprint density at radius 2 is 1.84 bits per heavy atom. The lowest BCUT2D eigenvalue weighted by Gasteiger charge is -2.11. The third-order valence-corrected chi connectivity index (χ3v) is 3.75. The molecular weight excluding hydrogens is 302 g/mol. The van der Waals surface area contributed by atoms with Gasteiger partial charge in [-0.3, -0.25) is 0 Å². The van der Waals surface area contributed by atoms with Crippen molar-refractivity contribution < 1.29 is 4.42 Å². The molecule has 1 heterocycles. The smallest absolute Gasteiger partial charge is 0.105 e. The van der Waals surface area contributed by atoms with Crippen LogP contribution in [-0.4, -0.2) is 0 Å². The van der Waals surface area contributed by atoms with Gasteiger partial charge in [-0.1, -0.05) is 34.1 Å². The van der Waals surface area contributed by atoms with Crippen LogP contribution in [-0.2, 0) is 6.42 Å². The lowest BCUT2D eigenvalue weighted by atomic mass is 10.00. The van der Waals surface area contributed by atoms with E-state index in [1.165, 1.54) is 10.8 Å². The topological polar surface area (TPSA) is 39.2 Å². The number of benzene rings is 2. The average molecular weight is 316 g/mol. The van der Waals surface area contributed by atoms with Gasteiger partial charge in [-0.25, -0.2) is 0 Å². The number of halogens is 1. The van der Waals surface area contributed by atoms with Gasteiger partial charge in [0.1, 0.15) is 5.76 Å². The lowest BCUT2D eigenvalue weighted by molar-refractivity contribution is 0.488. The molecule has 3 heteroatoms. The van der Waals surface area contributed by atoms with Gasteiger partial charge in [-0.05, 0) is 46.7 Å². The van der Waals surface area contributed by atoms with Gasteiger partial charge in [0.05, 0.1) is 6.26 Å². The largest absolute Gasteiger partial charge is 0.469 e. The van der Waals surface area contributed by atoms with Crippen molar-refractivity contribution in [2.24, 2.45) is 5.73 Å². The fraction of sp³-hybridized carbons (Fsp3) is 0.125. The van der Waals surface area contributed by atoms with E-state index in [1.807, 2.05) is 18.2 Å². The third kappa shape index (κ3) is 2.72. The van der Waals surface area contributed by atoms with E-state index in [1.54, 1.807) is 6.26 Å². The van der Waals surface area contributed by atoms with Crippen LogP contribution in [0.2, 0.25) is 0 Å². The fourth-order valence-electron chi connectivity index (χ4n) is 2.23. The zero-order chi connectivity index (χ0) is 13.2. The Hall–Kier alpha value is -1.58. The molecule has 0 spiro atoms. The van der Waals surface area contributed by atoms with Gasteiger partial charge < -0.3 is 10.2 Å². The molecule has 0 saturated carbocycles. The van der Waals surface area contributed by atoms with Crippen LogP contribution in [0.25, 0.3) is 10.8 Å². The van der Waals surface area contributed by atoms with E-state index >= 15 is 0 Å². The van der Waals surface area contributed by atoms with Gasteiger partial charge >= 0.3 is 0 Å². The molecule has 96 valence electrons. The summed E-state index contributed by atoms with van der Waals surface area (Å²) in [5.74, 6) is 0.920. The average Bonchev–Trinajstić information content (AvgIpc) is 2.91. The predicted octanol–water partition coefficient (Wildman–Crippen LogP) is 4.44. The van der Waals surface area contributed by atoms with Crippen LogP contribution >= 0.6 is 15.9 Å². The van der Waals surface area contributed by atoms with E-state index in [0.29, 0.717) is 0 Å². The number of hydrogen-bond donors (Lipinski definition) is 1. The number of hydrogen-bond acceptors (Lipinski definition) is 2. The van der Waals surface area contributed by atoms with Crippen molar-refractivity contribution in [1.29, 1.82) is 0 Å². The summed E-state index contributed by atoms with van der Waals surface area (Å²) < 4.78 is 6.43.